The summed E-state index contributed by atoms with van der Waals surface area (Å²) in [6.07, 6.45) is 0.467. The van der Waals surface area contributed by atoms with Crippen LogP contribution in [0, 0.1) is 6.92 Å². The number of methoxy groups -OCH3 is 1. The lowest BCUT2D eigenvalue weighted by Crippen LogP contribution is -2.19. The second kappa shape index (κ2) is 9.62. The average molecular weight is 430 g/mol. The van der Waals surface area contributed by atoms with Crippen molar-refractivity contribution in [3.63, 3.8) is 0 Å². The van der Waals surface area contributed by atoms with E-state index in [-0.39, 0.29) is 17.2 Å². The van der Waals surface area contributed by atoms with E-state index in [9.17, 15) is 9.59 Å². The van der Waals surface area contributed by atoms with Crippen molar-refractivity contribution >= 4 is 35.0 Å². The number of nitrogens with one attached hydrogen (secondary N) is 2. The van der Waals surface area contributed by atoms with Crippen molar-refractivity contribution in [1.82, 2.24) is 9.97 Å². The summed E-state index contributed by atoms with van der Waals surface area (Å²) >= 11 is 7.08. The average Bonchev–Trinajstić information content (AvgIpc) is 2.71. The number of benzene rings is 2. The Morgan fingerprint density at radius 2 is 1.86 bits per heavy atom. The van der Waals surface area contributed by atoms with Gasteiger partial charge in [-0.3, -0.25) is 9.59 Å². The van der Waals surface area contributed by atoms with Crippen molar-refractivity contribution in [3.05, 3.63) is 80.7 Å². The number of ether oxygens (including phenoxy) is 1. The standard InChI is InChI=1S/C21H20ClN3O3S/c1-13-18(11-14-3-5-15(22)6-4-14)20(27)25-21(23-13)29-12-19(26)24-16-7-9-17(28-2)10-8-16/h3-10H,11-12H2,1-2H3,(H,24,26)(H,23,25,27). The van der Waals surface area contributed by atoms with Crippen LogP contribution < -0.4 is 15.6 Å². The largest absolute Gasteiger partial charge is 0.497 e. The highest BCUT2D eigenvalue weighted by atomic mass is 35.5. The van der Waals surface area contributed by atoms with Crippen LogP contribution in [0.15, 0.2) is 58.5 Å². The fourth-order valence-electron chi connectivity index (χ4n) is 2.67. The maximum absolute atomic E-state index is 12.5. The summed E-state index contributed by atoms with van der Waals surface area (Å²) in [6, 6.07) is 14.4. The number of aromatic amines is 1. The van der Waals surface area contributed by atoms with Crippen LogP contribution in [0.3, 0.4) is 0 Å². The summed E-state index contributed by atoms with van der Waals surface area (Å²) in [7, 11) is 1.58. The Bertz CT molecular complexity index is 1050. The van der Waals surface area contributed by atoms with Gasteiger partial charge in [0.25, 0.3) is 5.56 Å². The van der Waals surface area contributed by atoms with Gasteiger partial charge >= 0.3 is 0 Å². The van der Waals surface area contributed by atoms with E-state index in [4.69, 9.17) is 16.3 Å². The van der Waals surface area contributed by atoms with Gasteiger partial charge in [0.05, 0.1) is 12.9 Å². The molecule has 0 aliphatic rings. The number of carbonyl (C=O) groups excluding carboxylic acids is 1. The van der Waals surface area contributed by atoms with Crippen LogP contribution >= 0.6 is 23.4 Å². The summed E-state index contributed by atoms with van der Waals surface area (Å²) in [5.74, 6) is 0.657. The van der Waals surface area contributed by atoms with E-state index in [1.165, 1.54) is 11.8 Å². The first-order chi connectivity index (χ1) is 13.9. The van der Waals surface area contributed by atoms with Gasteiger partial charge in [-0.05, 0) is 48.9 Å². The monoisotopic (exact) mass is 429 g/mol. The van der Waals surface area contributed by atoms with Crippen LogP contribution in [0.5, 0.6) is 5.75 Å². The number of halogens is 1. The molecular weight excluding hydrogens is 410 g/mol. The summed E-state index contributed by atoms with van der Waals surface area (Å²) in [6.45, 7) is 1.79. The highest BCUT2D eigenvalue weighted by molar-refractivity contribution is 7.99. The van der Waals surface area contributed by atoms with Crippen molar-refractivity contribution in [3.8, 4) is 5.75 Å². The fourth-order valence-corrected chi connectivity index (χ4v) is 3.51. The van der Waals surface area contributed by atoms with Crippen LogP contribution in [-0.2, 0) is 11.2 Å². The Kier molecular flexibility index (Phi) is 6.95. The number of aromatic nitrogens is 2. The second-order valence-electron chi connectivity index (χ2n) is 6.30. The first kappa shape index (κ1) is 21.0. The van der Waals surface area contributed by atoms with Crippen LogP contribution in [-0.4, -0.2) is 28.7 Å². The number of carbonyl (C=O) groups is 1. The van der Waals surface area contributed by atoms with Crippen molar-refractivity contribution in [2.24, 2.45) is 0 Å². The Morgan fingerprint density at radius 3 is 2.48 bits per heavy atom. The van der Waals surface area contributed by atoms with Crippen molar-refractivity contribution in [2.45, 2.75) is 18.5 Å². The minimum Gasteiger partial charge on any atom is -0.497 e. The Balaban J connectivity index is 1.61. The Morgan fingerprint density at radius 1 is 1.17 bits per heavy atom. The molecule has 0 aliphatic heterocycles. The minimum atomic E-state index is -0.203. The lowest BCUT2D eigenvalue weighted by atomic mass is 10.1. The van der Waals surface area contributed by atoms with Crippen LogP contribution in [0.1, 0.15) is 16.8 Å². The molecule has 0 spiro atoms. The third kappa shape index (κ3) is 5.85. The number of rotatable bonds is 7. The number of hydrogen-bond acceptors (Lipinski definition) is 5. The SMILES string of the molecule is COc1ccc(NC(=O)CSc2nc(C)c(Cc3ccc(Cl)cc3)c(=O)[nH]2)cc1. The first-order valence-electron chi connectivity index (χ1n) is 8.85. The molecule has 1 aromatic heterocycles. The molecule has 0 saturated carbocycles. The number of nitrogens with zero attached hydrogens (tertiary/aromatic N) is 1. The van der Waals surface area contributed by atoms with E-state index in [2.05, 4.69) is 15.3 Å². The van der Waals surface area contributed by atoms with Gasteiger partial charge in [-0.1, -0.05) is 35.5 Å². The van der Waals surface area contributed by atoms with Gasteiger partial charge < -0.3 is 15.0 Å². The van der Waals surface area contributed by atoms with Crippen LogP contribution in [0.25, 0.3) is 0 Å². The molecule has 1 heterocycles. The highest BCUT2D eigenvalue weighted by Crippen LogP contribution is 2.18. The number of thioether (sulfide) groups is 1. The zero-order chi connectivity index (χ0) is 20.8. The zero-order valence-corrected chi connectivity index (χ0v) is 17.6. The van der Waals surface area contributed by atoms with Crippen molar-refractivity contribution < 1.29 is 9.53 Å². The Hall–Kier alpha value is -2.77. The summed E-state index contributed by atoms with van der Waals surface area (Å²) < 4.78 is 5.09. The second-order valence-corrected chi connectivity index (χ2v) is 7.70. The lowest BCUT2D eigenvalue weighted by Gasteiger charge is -2.08. The molecule has 3 rings (SSSR count). The predicted octanol–water partition coefficient (Wildman–Crippen LogP) is 4.06. The van der Waals surface area contributed by atoms with E-state index in [0.717, 1.165) is 5.56 Å². The molecule has 2 aromatic carbocycles. The number of hydrogen-bond donors (Lipinski definition) is 2. The number of amides is 1. The van der Waals surface area contributed by atoms with E-state index < -0.39 is 0 Å². The molecule has 2 N–H and O–H groups in total. The number of aryl methyl sites for hydroxylation is 1. The summed E-state index contributed by atoms with van der Waals surface area (Å²) in [4.78, 5) is 31.8. The van der Waals surface area contributed by atoms with Crippen molar-refractivity contribution in [1.29, 1.82) is 0 Å². The lowest BCUT2D eigenvalue weighted by molar-refractivity contribution is -0.113. The van der Waals surface area contributed by atoms with Gasteiger partial charge in [-0.15, -0.1) is 0 Å². The van der Waals surface area contributed by atoms with Crippen LogP contribution in [0.2, 0.25) is 5.02 Å². The van der Waals surface area contributed by atoms with E-state index in [1.54, 1.807) is 50.4 Å². The minimum absolute atomic E-state index is 0.130. The molecule has 29 heavy (non-hydrogen) atoms. The molecule has 3 aromatic rings. The molecule has 0 saturated heterocycles. The van der Waals surface area contributed by atoms with E-state index in [0.29, 0.717) is 39.3 Å². The van der Waals surface area contributed by atoms with Gasteiger partial charge in [-0.2, -0.15) is 0 Å². The maximum Gasteiger partial charge on any atom is 0.255 e. The molecule has 1 amide bonds. The summed E-state index contributed by atoms with van der Waals surface area (Å²) in [5, 5.41) is 3.86. The number of anilines is 1. The molecule has 0 radical (unpaired) electrons. The third-order valence-electron chi connectivity index (χ3n) is 4.21. The molecule has 0 aliphatic carbocycles. The Labute approximate surface area is 177 Å². The highest BCUT2D eigenvalue weighted by Gasteiger charge is 2.11. The first-order valence-corrected chi connectivity index (χ1v) is 10.2. The third-order valence-corrected chi connectivity index (χ3v) is 5.33. The molecule has 150 valence electrons. The quantitative estimate of drug-likeness (QED) is 0.437. The molecule has 0 bridgehead atoms. The molecule has 8 heteroatoms. The van der Waals surface area contributed by atoms with Gasteiger partial charge in [0.1, 0.15) is 5.75 Å². The van der Waals surface area contributed by atoms with Crippen LogP contribution in [0.4, 0.5) is 5.69 Å². The fraction of sp³-hybridized carbons (Fsp3) is 0.190. The molecule has 0 atom stereocenters. The van der Waals surface area contributed by atoms with Gasteiger partial charge in [0, 0.05) is 28.4 Å². The maximum atomic E-state index is 12.5. The van der Waals surface area contributed by atoms with Gasteiger partial charge in [0.2, 0.25) is 5.91 Å². The van der Waals surface area contributed by atoms with E-state index in [1.807, 2.05) is 12.1 Å². The van der Waals surface area contributed by atoms with Gasteiger partial charge in [-0.25, -0.2) is 4.98 Å². The molecule has 6 nitrogen and oxygen atoms in total. The number of H-pyrrole nitrogens is 1. The van der Waals surface area contributed by atoms with Gasteiger partial charge in [0.15, 0.2) is 5.16 Å². The summed E-state index contributed by atoms with van der Waals surface area (Å²) in [5.41, 5.74) is 2.68. The normalized spacial score (nSPS) is 10.6. The molecular formula is C21H20ClN3O3S. The van der Waals surface area contributed by atoms with Crippen molar-refractivity contribution in [2.75, 3.05) is 18.2 Å². The smallest absolute Gasteiger partial charge is 0.255 e. The zero-order valence-electron chi connectivity index (χ0n) is 16.0. The topological polar surface area (TPSA) is 84.1 Å². The molecule has 0 unspecified atom stereocenters. The van der Waals surface area contributed by atoms with E-state index >= 15 is 0 Å². The molecule has 0 fully saturated rings. The predicted molar refractivity (Wildman–Crippen MR) is 116 cm³/mol.